The molecular formula is C21H21ClN6O3. The maximum atomic E-state index is 11.7. The fourth-order valence-electron chi connectivity index (χ4n) is 4.36. The Morgan fingerprint density at radius 3 is 2.61 bits per heavy atom. The number of carbonyl (C=O) groups is 1. The summed E-state index contributed by atoms with van der Waals surface area (Å²) < 4.78 is 7.93. The maximum Gasteiger partial charge on any atom is 0.408 e. The molecule has 0 unspecified atom stereocenters. The summed E-state index contributed by atoms with van der Waals surface area (Å²) in [6.07, 6.45) is 5.92. The molecule has 1 aliphatic carbocycles. The Kier molecular flexibility index (Phi) is 5.19. The number of ether oxygens (including phenoxy) is 1. The minimum atomic E-state index is -0.996. The predicted molar refractivity (Wildman–Crippen MR) is 111 cm³/mol. The van der Waals surface area contributed by atoms with Gasteiger partial charge in [-0.3, -0.25) is 9.47 Å². The van der Waals surface area contributed by atoms with Gasteiger partial charge in [-0.15, -0.1) is 10.2 Å². The zero-order valence-corrected chi connectivity index (χ0v) is 17.4. The van der Waals surface area contributed by atoms with Crippen molar-refractivity contribution in [2.45, 2.75) is 50.8 Å². The Bertz CT molecular complexity index is 1100. The highest BCUT2D eigenvalue weighted by Gasteiger charge is 2.32. The third kappa shape index (κ3) is 3.93. The maximum absolute atomic E-state index is 11.7. The monoisotopic (exact) mass is 440 g/mol. The summed E-state index contributed by atoms with van der Waals surface area (Å²) in [5.74, 6) is 1.69. The summed E-state index contributed by atoms with van der Waals surface area (Å²) in [5, 5.41) is 19.0. The van der Waals surface area contributed by atoms with Crippen molar-refractivity contribution in [3.8, 4) is 11.7 Å². The minimum Gasteiger partial charge on any atom is -0.465 e. The number of halogens is 1. The van der Waals surface area contributed by atoms with Gasteiger partial charge >= 0.3 is 12.1 Å². The summed E-state index contributed by atoms with van der Waals surface area (Å²) >= 11 is 6.20. The minimum absolute atomic E-state index is 0.0683. The van der Waals surface area contributed by atoms with E-state index in [2.05, 4.69) is 20.2 Å². The molecule has 31 heavy (non-hydrogen) atoms. The molecule has 9 nitrogen and oxygen atoms in total. The van der Waals surface area contributed by atoms with E-state index >= 15 is 0 Å². The van der Waals surface area contributed by atoms with Crippen LogP contribution in [0, 0.1) is 0 Å². The van der Waals surface area contributed by atoms with Crippen LogP contribution in [0.15, 0.2) is 36.7 Å². The van der Waals surface area contributed by atoms with Gasteiger partial charge in [-0.25, -0.2) is 14.8 Å². The Morgan fingerprint density at radius 1 is 1.10 bits per heavy atom. The van der Waals surface area contributed by atoms with E-state index in [4.69, 9.17) is 16.3 Å². The number of nitrogens with zero attached hydrogens (tertiary/aromatic N) is 6. The largest absolute Gasteiger partial charge is 0.465 e. The Morgan fingerprint density at radius 2 is 1.87 bits per heavy atom. The van der Waals surface area contributed by atoms with E-state index < -0.39 is 6.09 Å². The SMILES string of the molecule is O=C(O)N1Cc2cc(Cl)ccc2-n2c(nnc2[C@H]2CC[C@@H](Oc3ncccn3)CC2)C1. The summed E-state index contributed by atoms with van der Waals surface area (Å²) in [6, 6.07) is 7.71. The fraction of sp³-hybridized carbons (Fsp3) is 0.381. The van der Waals surface area contributed by atoms with Crippen LogP contribution in [-0.4, -0.2) is 46.9 Å². The summed E-state index contributed by atoms with van der Waals surface area (Å²) in [7, 11) is 0. The molecule has 1 aromatic carbocycles. The van der Waals surface area contributed by atoms with Crippen LogP contribution in [0.2, 0.25) is 5.02 Å². The molecule has 2 aliphatic rings. The van der Waals surface area contributed by atoms with E-state index in [0.29, 0.717) is 16.9 Å². The van der Waals surface area contributed by atoms with Gasteiger partial charge in [0, 0.05) is 23.3 Å². The molecule has 3 aromatic rings. The second kappa shape index (κ2) is 8.14. The topological polar surface area (TPSA) is 106 Å². The lowest BCUT2D eigenvalue weighted by Gasteiger charge is -2.28. The average Bonchev–Trinajstić information content (AvgIpc) is 3.10. The third-order valence-electron chi connectivity index (χ3n) is 5.86. The first-order chi connectivity index (χ1) is 15.1. The van der Waals surface area contributed by atoms with Gasteiger partial charge in [0.1, 0.15) is 11.9 Å². The standard InChI is InChI=1S/C21H21ClN6O3/c22-15-4-7-17-14(10-15)11-27(21(29)30)12-18-25-26-19(28(17)18)13-2-5-16(6-3-13)31-20-23-8-1-9-24-20/h1,4,7-10,13,16H,2-3,5-6,11-12H2,(H,29,30)/t13-,16+. The van der Waals surface area contributed by atoms with Gasteiger partial charge in [0.2, 0.25) is 0 Å². The van der Waals surface area contributed by atoms with Crippen LogP contribution in [0.1, 0.15) is 48.8 Å². The molecule has 3 heterocycles. The molecule has 0 spiro atoms. The number of fused-ring (bicyclic) bond motifs is 3. The summed E-state index contributed by atoms with van der Waals surface area (Å²) in [4.78, 5) is 21.3. The molecule has 160 valence electrons. The highest BCUT2D eigenvalue weighted by atomic mass is 35.5. The van der Waals surface area contributed by atoms with Crippen LogP contribution in [0.5, 0.6) is 6.01 Å². The molecule has 1 amide bonds. The number of benzene rings is 1. The van der Waals surface area contributed by atoms with Crippen molar-refractivity contribution in [2.24, 2.45) is 0 Å². The summed E-state index contributed by atoms with van der Waals surface area (Å²) in [6.45, 7) is 0.435. The van der Waals surface area contributed by atoms with E-state index in [-0.39, 0.29) is 25.1 Å². The van der Waals surface area contributed by atoms with Crippen molar-refractivity contribution in [3.05, 3.63) is 58.9 Å². The highest BCUT2D eigenvalue weighted by Crippen LogP contribution is 2.36. The van der Waals surface area contributed by atoms with Crippen molar-refractivity contribution in [1.82, 2.24) is 29.6 Å². The second-order valence-corrected chi connectivity index (χ2v) is 8.28. The first kappa shape index (κ1) is 19.7. The normalized spacial score (nSPS) is 20.5. The number of carboxylic acid groups (broad SMARTS) is 1. The number of hydrogen-bond acceptors (Lipinski definition) is 6. The lowest BCUT2D eigenvalue weighted by Crippen LogP contribution is -2.28. The van der Waals surface area contributed by atoms with E-state index in [1.54, 1.807) is 18.5 Å². The van der Waals surface area contributed by atoms with E-state index in [9.17, 15) is 9.90 Å². The molecule has 1 saturated carbocycles. The van der Waals surface area contributed by atoms with Gasteiger partial charge in [0.25, 0.3) is 0 Å². The van der Waals surface area contributed by atoms with Gasteiger partial charge in [0.15, 0.2) is 5.82 Å². The van der Waals surface area contributed by atoms with Gasteiger partial charge in [-0.2, -0.15) is 0 Å². The highest BCUT2D eigenvalue weighted by molar-refractivity contribution is 6.30. The van der Waals surface area contributed by atoms with Crippen LogP contribution < -0.4 is 4.74 Å². The Labute approximate surface area is 183 Å². The zero-order valence-electron chi connectivity index (χ0n) is 16.7. The van der Waals surface area contributed by atoms with Crippen molar-refractivity contribution in [3.63, 3.8) is 0 Å². The first-order valence-corrected chi connectivity index (χ1v) is 10.6. The van der Waals surface area contributed by atoms with Crippen molar-refractivity contribution in [1.29, 1.82) is 0 Å². The summed E-state index contributed by atoms with van der Waals surface area (Å²) in [5.41, 5.74) is 1.73. The first-order valence-electron chi connectivity index (χ1n) is 10.2. The molecule has 1 fully saturated rings. The molecule has 0 saturated heterocycles. The number of hydrogen-bond donors (Lipinski definition) is 1. The lowest BCUT2D eigenvalue weighted by atomic mass is 9.86. The molecule has 2 aromatic heterocycles. The van der Waals surface area contributed by atoms with Gasteiger partial charge in [0.05, 0.1) is 18.8 Å². The van der Waals surface area contributed by atoms with E-state index in [1.165, 1.54) is 4.90 Å². The fourth-order valence-corrected chi connectivity index (χ4v) is 4.55. The Balaban J connectivity index is 1.41. The van der Waals surface area contributed by atoms with E-state index in [1.807, 2.05) is 22.8 Å². The lowest BCUT2D eigenvalue weighted by molar-refractivity contribution is 0.132. The van der Waals surface area contributed by atoms with Crippen LogP contribution in [-0.2, 0) is 13.1 Å². The van der Waals surface area contributed by atoms with Crippen LogP contribution in [0.25, 0.3) is 5.69 Å². The second-order valence-electron chi connectivity index (χ2n) is 7.84. The zero-order chi connectivity index (χ0) is 21.4. The smallest absolute Gasteiger partial charge is 0.408 e. The van der Waals surface area contributed by atoms with E-state index in [0.717, 1.165) is 42.8 Å². The van der Waals surface area contributed by atoms with Crippen molar-refractivity contribution in [2.75, 3.05) is 0 Å². The molecular weight excluding hydrogens is 420 g/mol. The number of rotatable bonds is 3. The molecule has 5 rings (SSSR count). The van der Waals surface area contributed by atoms with Crippen molar-refractivity contribution < 1.29 is 14.6 Å². The quantitative estimate of drug-likeness (QED) is 0.659. The van der Waals surface area contributed by atoms with Crippen molar-refractivity contribution >= 4 is 17.7 Å². The predicted octanol–water partition coefficient (Wildman–Crippen LogP) is 3.81. The van der Waals surface area contributed by atoms with Gasteiger partial charge in [-0.05, 0) is 55.5 Å². The van der Waals surface area contributed by atoms with Gasteiger partial charge < -0.3 is 9.84 Å². The molecule has 0 radical (unpaired) electrons. The van der Waals surface area contributed by atoms with Crippen LogP contribution in [0.4, 0.5) is 4.79 Å². The Hall–Kier alpha value is -3.20. The van der Waals surface area contributed by atoms with Gasteiger partial charge in [-0.1, -0.05) is 11.6 Å². The third-order valence-corrected chi connectivity index (χ3v) is 6.09. The number of amides is 1. The number of aromatic nitrogens is 5. The van der Waals surface area contributed by atoms with Crippen LogP contribution >= 0.6 is 11.6 Å². The molecule has 1 aliphatic heterocycles. The molecule has 0 atom stereocenters. The van der Waals surface area contributed by atoms with Crippen LogP contribution in [0.3, 0.4) is 0 Å². The molecule has 10 heteroatoms. The molecule has 1 N–H and O–H groups in total. The molecule has 0 bridgehead atoms. The average molecular weight is 441 g/mol.